The number of hydrogen-bond donors (Lipinski definition) is 0. The van der Waals surface area contributed by atoms with Gasteiger partial charge in [0, 0.05) is 32.1 Å². The van der Waals surface area contributed by atoms with Gasteiger partial charge in [0.1, 0.15) is 11.2 Å². The largest absolute Gasteiger partial charge is 0.455 e. The fourth-order valence-electron chi connectivity index (χ4n) is 4.80. The lowest BCUT2D eigenvalue weighted by molar-refractivity contribution is 0.660. The van der Waals surface area contributed by atoms with Crippen LogP contribution in [0, 0.1) is 0 Å². The van der Waals surface area contributed by atoms with Gasteiger partial charge in [-0.3, -0.25) is 0 Å². The number of benzene rings is 5. The number of nitrogens with zero attached hydrogens (tertiary/aromatic N) is 1. The maximum absolute atomic E-state index is 6.37. The lowest BCUT2D eigenvalue weighted by atomic mass is 10.1. The first-order valence-electron chi connectivity index (χ1n) is 11.0. The average molecular weight is 442 g/mol. The quantitative estimate of drug-likeness (QED) is 0.273. The first-order chi connectivity index (χ1) is 16.4. The van der Waals surface area contributed by atoms with Gasteiger partial charge in [0.2, 0.25) is 0 Å². The maximum atomic E-state index is 6.37. The Kier molecular flexibility index (Phi) is 4.11. The van der Waals surface area contributed by atoms with Crippen LogP contribution in [0.2, 0.25) is 0 Å². The molecule has 0 aliphatic rings. The number of para-hydroxylation sites is 3. The van der Waals surface area contributed by atoms with Gasteiger partial charge >= 0.3 is 0 Å². The van der Waals surface area contributed by atoms with E-state index >= 15 is 0 Å². The monoisotopic (exact) mass is 441 g/mol. The second-order valence-corrected chi connectivity index (χ2v) is 9.32. The fourth-order valence-corrected chi connectivity index (χ4v) is 5.77. The molecular weight excluding hydrogens is 422 g/mol. The van der Waals surface area contributed by atoms with Crippen molar-refractivity contribution in [1.29, 1.82) is 0 Å². The second kappa shape index (κ2) is 7.29. The molecule has 0 amide bonds. The van der Waals surface area contributed by atoms with Gasteiger partial charge in [0.25, 0.3) is 0 Å². The van der Waals surface area contributed by atoms with Crippen molar-refractivity contribution in [2.45, 2.75) is 9.79 Å². The molecule has 0 N–H and O–H groups in total. The van der Waals surface area contributed by atoms with E-state index in [0.29, 0.717) is 0 Å². The van der Waals surface area contributed by atoms with Gasteiger partial charge in [-0.15, -0.1) is 0 Å². The molecule has 7 aromatic rings. The molecule has 0 aliphatic carbocycles. The summed E-state index contributed by atoms with van der Waals surface area (Å²) in [4.78, 5) is 2.31. The normalized spacial score (nSPS) is 11.8. The van der Waals surface area contributed by atoms with Crippen molar-refractivity contribution >= 4 is 55.5 Å². The summed E-state index contributed by atoms with van der Waals surface area (Å²) in [5.74, 6) is 0. The molecule has 5 aromatic carbocycles. The van der Waals surface area contributed by atoms with Crippen LogP contribution in [0.25, 0.3) is 49.4 Å². The van der Waals surface area contributed by atoms with Crippen LogP contribution in [-0.2, 0) is 0 Å². The minimum Gasteiger partial charge on any atom is -0.455 e. The van der Waals surface area contributed by atoms with Gasteiger partial charge in [-0.1, -0.05) is 84.6 Å². The van der Waals surface area contributed by atoms with Gasteiger partial charge in [-0.25, -0.2) is 0 Å². The lowest BCUT2D eigenvalue weighted by Crippen LogP contribution is -1.94. The number of rotatable bonds is 3. The van der Waals surface area contributed by atoms with Crippen LogP contribution in [-0.4, -0.2) is 4.57 Å². The standard InChI is InChI=1S/C30H19NOS/c1-2-10-21(11-3-1)33-29-19-20(18-25-24-14-6-9-17-28(24)32-30(25)29)31-26-15-7-4-12-22(26)23-13-5-8-16-27(23)31/h1-19H. The Bertz CT molecular complexity index is 1740. The molecule has 3 heteroatoms. The van der Waals surface area contributed by atoms with Crippen molar-refractivity contribution in [2.75, 3.05) is 0 Å². The van der Waals surface area contributed by atoms with Crippen molar-refractivity contribution in [1.82, 2.24) is 4.57 Å². The molecule has 2 aromatic heterocycles. The third-order valence-electron chi connectivity index (χ3n) is 6.24. The third-order valence-corrected chi connectivity index (χ3v) is 7.27. The molecule has 156 valence electrons. The Morgan fingerprint density at radius 3 is 1.88 bits per heavy atom. The summed E-state index contributed by atoms with van der Waals surface area (Å²) in [6.45, 7) is 0. The summed E-state index contributed by atoms with van der Waals surface area (Å²) in [6.07, 6.45) is 0. The molecule has 0 saturated heterocycles. The summed E-state index contributed by atoms with van der Waals surface area (Å²) in [5.41, 5.74) is 5.42. The zero-order valence-corrected chi connectivity index (χ0v) is 18.5. The van der Waals surface area contributed by atoms with Crippen LogP contribution in [0.4, 0.5) is 0 Å². The maximum Gasteiger partial charge on any atom is 0.149 e. The van der Waals surface area contributed by atoms with E-state index in [1.807, 2.05) is 12.1 Å². The van der Waals surface area contributed by atoms with Crippen LogP contribution < -0.4 is 0 Å². The molecule has 0 unspecified atom stereocenters. The van der Waals surface area contributed by atoms with Gasteiger partial charge in [-0.05, 0) is 42.5 Å². The van der Waals surface area contributed by atoms with Crippen LogP contribution >= 0.6 is 11.8 Å². The van der Waals surface area contributed by atoms with Gasteiger partial charge in [-0.2, -0.15) is 0 Å². The van der Waals surface area contributed by atoms with E-state index in [9.17, 15) is 0 Å². The highest BCUT2D eigenvalue weighted by molar-refractivity contribution is 7.99. The number of hydrogen-bond acceptors (Lipinski definition) is 2. The fraction of sp³-hybridized carbons (Fsp3) is 0. The van der Waals surface area contributed by atoms with Gasteiger partial charge in [0.05, 0.1) is 15.9 Å². The predicted octanol–water partition coefficient (Wildman–Crippen LogP) is 8.83. The Morgan fingerprint density at radius 1 is 0.545 bits per heavy atom. The molecule has 2 heterocycles. The predicted molar refractivity (Wildman–Crippen MR) is 139 cm³/mol. The Hall–Kier alpha value is -3.95. The smallest absolute Gasteiger partial charge is 0.149 e. The van der Waals surface area contributed by atoms with Crippen molar-refractivity contribution in [3.63, 3.8) is 0 Å². The Labute approximate surface area is 195 Å². The molecule has 0 saturated carbocycles. The zero-order chi connectivity index (χ0) is 21.8. The van der Waals surface area contributed by atoms with Crippen molar-refractivity contribution in [3.8, 4) is 5.69 Å². The van der Waals surface area contributed by atoms with E-state index in [0.717, 1.165) is 32.5 Å². The van der Waals surface area contributed by atoms with E-state index in [1.165, 1.54) is 26.7 Å². The molecule has 0 bridgehead atoms. The van der Waals surface area contributed by atoms with Crippen molar-refractivity contribution < 1.29 is 4.42 Å². The van der Waals surface area contributed by atoms with E-state index < -0.39 is 0 Å². The first-order valence-corrected chi connectivity index (χ1v) is 11.9. The molecule has 33 heavy (non-hydrogen) atoms. The Morgan fingerprint density at radius 2 is 1.15 bits per heavy atom. The van der Waals surface area contributed by atoms with E-state index in [-0.39, 0.29) is 0 Å². The molecular formula is C30H19NOS. The third kappa shape index (κ3) is 2.90. The van der Waals surface area contributed by atoms with Crippen LogP contribution in [0.3, 0.4) is 0 Å². The molecule has 0 atom stereocenters. The summed E-state index contributed by atoms with van der Waals surface area (Å²) >= 11 is 1.75. The molecule has 0 radical (unpaired) electrons. The van der Waals surface area contributed by atoms with Crippen molar-refractivity contribution in [3.05, 3.63) is 115 Å². The molecule has 7 rings (SSSR count). The van der Waals surface area contributed by atoms with Crippen molar-refractivity contribution in [2.24, 2.45) is 0 Å². The summed E-state index contributed by atoms with van der Waals surface area (Å²) in [7, 11) is 0. The average Bonchev–Trinajstić information content (AvgIpc) is 3.41. The topological polar surface area (TPSA) is 18.1 Å². The van der Waals surface area contributed by atoms with Gasteiger partial charge in [0.15, 0.2) is 0 Å². The second-order valence-electron chi connectivity index (χ2n) is 8.20. The Balaban J connectivity index is 1.58. The number of aromatic nitrogens is 1. The minimum absolute atomic E-state index is 0.918. The highest BCUT2D eigenvalue weighted by Gasteiger charge is 2.17. The zero-order valence-electron chi connectivity index (χ0n) is 17.7. The molecule has 0 spiro atoms. The van der Waals surface area contributed by atoms with E-state index in [4.69, 9.17) is 4.42 Å². The highest BCUT2D eigenvalue weighted by Crippen LogP contribution is 2.41. The van der Waals surface area contributed by atoms with Gasteiger partial charge < -0.3 is 8.98 Å². The molecule has 0 aliphatic heterocycles. The summed E-state index contributed by atoms with van der Waals surface area (Å²) in [6, 6.07) is 40.6. The molecule has 2 nitrogen and oxygen atoms in total. The van der Waals surface area contributed by atoms with E-state index in [2.05, 4.69) is 108 Å². The summed E-state index contributed by atoms with van der Waals surface area (Å²) in [5, 5.41) is 4.82. The van der Waals surface area contributed by atoms with Crippen LogP contribution in [0.1, 0.15) is 0 Å². The minimum atomic E-state index is 0.918. The SMILES string of the molecule is c1ccc(Sc2cc(-n3c4ccccc4c4ccccc43)cc3c2oc2ccccc23)cc1. The summed E-state index contributed by atoms with van der Waals surface area (Å²) < 4.78 is 8.75. The van der Waals surface area contributed by atoms with E-state index in [1.54, 1.807) is 11.8 Å². The highest BCUT2D eigenvalue weighted by atomic mass is 32.2. The first kappa shape index (κ1) is 18.6. The van der Waals surface area contributed by atoms with Crippen LogP contribution in [0.5, 0.6) is 0 Å². The molecule has 0 fully saturated rings. The number of furan rings is 1. The van der Waals surface area contributed by atoms with Crippen LogP contribution in [0.15, 0.2) is 129 Å². The number of fused-ring (bicyclic) bond motifs is 6. The lowest BCUT2D eigenvalue weighted by Gasteiger charge is -2.11.